The molecule has 0 aliphatic heterocycles. The Hall–Kier alpha value is -3.05. The maximum absolute atomic E-state index is 6.13. The first-order valence-corrected chi connectivity index (χ1v) is 10.7. The summed E-state index contributed by atoms with van der Waals surface area (Å²) in [6.45, 7) is 0.745. The smallest absolute Gasteiger partial charge is 0.168 e. The highest BCUT2D eigenvalue weighted by Gasteiger charge is 2.23. The fourth-order valence-corrected chi connectivity index (χ4v) is 4.17. The lowest BCUT2D eigenvalue weighted by Gasteiger charge is -2.13. The van der Waals surface area contributed by atoms with E-state index in [1.807, 2.05) is 30.3 Å². The van der Waals surface area contributed by atoms with Gasteiger partial charge < -0.3 is 9.47 Å². The number of aromatic nitrogens is 2. The maximum atomic E-state index is 6.13. The van der Waals surface area contributed by atoms with E-state index in [1.165, 1.54) is 12.8 Å². The van der Waals surface area contributed by atoms with Gasteiger partial charge in [-0.1, -0.05) is 24.3 Å². The standard InChI is InChI=1S/C24H22N2O2S/c1-27-21-9-4-6-18(24(21)28-16-17-11-12-17)13-14-22-25-19-7-2-3-8-20(19)26(22)23-10-5-15-29-23/h2-10,13-15,17H,11-12,16H2,1H3. The van der Waals surface area contributed by atoms with Crippen LogP contribution in [-0.2, 0) is 0 Å². The predicted molar refractivity (Wildman–Crippen MR) is 119 cm³/mol. The third-order valence-electron chi connectivity index (χ3n) is 5.11. The van der Waals surface area contributed by atoms with Crippen LogP contribution in [-0.4, -0.2) is 23.3 Å². The number of ether oxygens (including phenoxy) is 2. The second-order valence-electron chi connectivity index (χ2n) is 7.21. The van der Waals surface area contributed by atoms with Crippen LogP contribution < -0.4 is 9.47 Å². The summed E-state index contributed by atoms with van der Waals surface area (Å²) < 4.78 is 13.9. The van der Waals surface area contributed by atoms with Crippen LogP contribution >= 0.6 is 11.3 Å². The fourth-order valence-electron chi connectivity index (χ4n) is 3.41. The van der Waals surface area contributed by atoms with Gasteiger partial charge in [0.2, 0.25) is 0 Å². The molecule has 2 aromatic heterocycles. The van der Waals surface area contributed by atoms with E-state index in [-0.39, 0.29) is 0 Å². The highest BCUT2D eigenvalue weighted by atomic mass is 32.1. The molecule has 5 rings (SSSR count). The zero-order chi connectivity index (χ0) is 19.6. The van der Waals surface area contributed by atoms with E-state index >= 15 is 0 Å². The van der Waals surface area contributed by atoms with Crippen LogP contribution in [0.15, 0.2) is 60.0 Å². The van der Waals surface area contributed by atoms with Crippen LogP contribution in [0.5, 0.6) is 11.5 Å². The molecule has 1 aliphatic carbocycles. The number of thiophene rings is 1. The van der Waals surface area contributed by atoms with Gasteiger partial charge >= 0.3 is 0 Å². The van der Waals surface area contributed by atoms with Gasteiger partial charge in [-0.15, -0.1) is 11.3 Å². The molecule has 0 radical (unpaired) electrons. The van der Waals surface area contributed by atoms with Crippen LogP contribution in [0.3, 0.4) is 0 Å². The first kappa shape index (κ1) is 18.0. The van der Waals surface area contributed by atoms with Crippen molar-refractivity contribution in [2.75, 3.05) is 13.7 Å². The van der Waals surface area contributed by atoms with E-state index in [9.17, 15) is 0 Å². The Kier molecular flexibility index (Phi) is 4.82. The molecule has 0 unspecified atom stereocenters. The molecule has 146 valence electrons. The second-order valence-corrected chi connectivity index (χ2v) is 8.14. The molecular weight excluding hydrogens is 380 g/mol. The van der Waals surface area contributed by atoms with Gasteiger partial charge in [0, 0.05) is 5.56 Å². The van der Waals surface area contributed by atoms with Gasteiger partial charge in [-0.2, -0.15) is 0 Å². The minimum absolute atomic E-state index is 0.680. The molecule has 2 aromatic carbocycles. The molecule has 0 atom stereocenters. The minimum Gasteiger partial charge on any atom is -0.493 e. The highest BCUT2D eigenvalue weighted by molar-refractivity contribution is 7.12. The number of nitrogens with zero attached hydrogens (tertiary/aromatic N) is 2. The molecular formula is C24H22N2O2S. The van der Waals surface area contributed by atoms with Crippen LogP contribution in [0.1, 0.15) is 24.2 Å². The number of imidazole rings is 1. The van der Waals surface area contributed by atoms with E-state index in [1.54, 1.807) is 18.4 Å². The molecule has 4 nitrogen and oxygen atoms in total. The van der Waals surface area contributed by atoms with Gasteiger partial charge in [0.15, 0.2) is 11.5 Å². The van der Waals surface area contributed by atoms with Crippen LogP contribution in [0, 0.1) is 5.92 Å². The molecule has 1 aliphatic rings. The lowest BCUT2D eigenvalue weighted by molar-refractivity contribution is 0.280. The Morgan fingerprint density at radius 2 is 1.97 bits per heavy atom. The topological polar surface area (TPSA) is 36.3 Å². The van der Waals surface area contributed by atoms with Gasteiger partial charge in [0.1, 0.15) is 10.8 Å². The maximum Gasteiger partial charge on any atom is 0.168 e. The molecule has 0 amide bonds. The summed E-state index contributed by atoms with van der Waals surface area (Å²) >= 11 is 1.70. The van der Waals surface area contributed by atoms with Crippen LogP contribution in [0.2, 0.25) is 0 Å². The fraction of sp³-hybridized carbons (Fsp3) is 0.208. The van der Waals surface area contributed by atoms with Gasteiger partial charge in [-0.05, 0) is 66.6 Å². The zero-order valence-corrected chi connectivity index (χ0v) is 17.1. The van der Waals surface area contributed by atoms with Crippen molar-refractivity contribution in [2.24, 2.45) is 5.92 Å². The monoisotopic (exact) mass is 402 g/mol. The van der Waals surface area contributed by atoms with Crippen molar-refractivity contribution in [3.8, 4) is 16.5 Å². The summed E-state index contributed by atoms with van der Waals surface area (Å²) in [5.41, 5.74) is 3.08. The minimum atomic E-state index is 0.680. The van der Waals surface area contributed by atoms with E-state index in [0.717, 1.165) is 45.5 Å². The Morgan fingerprint density at radius 3 is 2.76 bits per heavy atom. The Balaban J connectivity index is 1.55. The number of hydrogen-bond donors (Lipinski definition) is 0. The normalized spacial score (nSPS) is 14.0. The average molecular weight is 403 g/mol. The molecule has 0 spiro atoms. The Morgan fingerprint density at radius 1 is 1.07 bits per heavy atom. The zero-order valence-electron chi connectivity index (χ0n) is 16.2. The first-order valence-electron chi connectivity index (χ1n) is 9.83. The van der Waals surface area contributed by atoms with Crippen LogP contribution in [0.4, 0.5) is 0 Å². The summed E-state index contributed by atoms with van der Waals surface area (Å²) in [5, 5.41) is 3.23. The highest BCUT2D eigenvalue weighted by Crippen LogP contribution is 2.36. The third-order valence-corrected chi connectivity index (χ3v) is 5.97. The lowest BCUT2D eigenvalue weighted by atomic mass is 10.1. The van der Waals surface area contributed by atoms with E-state index < -0.39 is 0 Å². The van der Waals surface area contributed by atoms with Crippen molar-refractivity contribution in [3.63, 3.8) is 0 Å². The average Bonchev–Trinajstić information content (AvgIpc) is 3.28. The molecule has 0 bridgehead atoms. The van der Waals surface area contributed by atoms with E-state index in [4.69, 9.17) is 14.5 Å². The molecule has 1 fully saturated rings. The van der Waals surface area contributed by atoms with E-state index in [0.29, 0.717) is 5.92 Å². The van der Waals surface area contributed by atoms with Crippen LogP contribution in [0.25, 0.3) is 28.2 Å². The molecule has 5 heteroatoms. The molecule has 1 saturated carbocycles. The predicted octanol–water partition coefficient (Wildman–Crippen LogP) is 6.05. The third kappa shape index (κ3) is 3.66. The van der Waals surface area contributed by atoms with Gasteiger partial charge in [0.05, 0.1) is 24.8 Å². The number of para-hydroxylation sites is 3. The number of hydrogen-bond acceptors (Lipinski definition) is 4. The largest absolute Gasteiger partial charge is 0.493 e. The summed E-state index contributed by atoms with van der Waals surface area (Å²) in [4.78, 5) is 4.85. The van der Waals surface area contributed by atoms with Crippen molar-refractivity contribution >= 4 is 34.5 Å². The SMILES string of the molecule is COc1cccc(C=Cc2nc3ccccc3n2-c2cccs2)c1OCC1CC1. The van der Waals surface area contributed by atoms with Gasteiger partial charge in [0.25, 0.3) is 0 Å². The Labute approximate surface area is 174 Å². The quantitative estimate of drug-likeness (QED) is 0.377. The number of benzene rings is 2. The summed E-state index contributed by atoms with van der Waals surface area (Å²) in [5.74, 6) is 3.14. The molecule has 29 heavy (non-hydrogen) atoms. The summed E-state index contributed by atoms with van der Waals surface area (Å²) in [6.07, 6.45) is 6.63. The van der Waals surface area contributed by atoms with Crippen molar-refractivity contribution in [1.29, 1.82) is 0 Å². The summed E-state index contributed by atoms with van der Waals surface area (Å²) in [6, 6.07) is 18.4. The molecule has 0 saturated heterocycles. The number of methoxy groups -OCH3 is 1. The molecule has 0 N–H and O–H groups in total. The van der Waals surface area contributed by atoms with Crippen molar-refractivity contribution < 1.29 is 9.47 Å². The molecule has 4 aromatic rings. The number of fused-ring (bicyclic) bond motifs is 1. The Bertz CT molecular complexity index is 1160. The molecule has 2 heterocycles. The second kappa shape index (κ2) is 7.76. The van der Waals surface area contributed by atoms with E-state index in [2.05, 4.69) is 46.4 Å². The first-order chi connectivity index (χ1) is 14.3. The van der Waals surface area contributed by atoms with Crippen molar-refractivity contribution in [2.45, 2.75) is 12.8 Å². The van der Waals surface area contributed by atoms with Gasteiger partial charge in [-0.25, -0.2) is 4.98 Å². The number of rotatable bonds is 7. The van der Waals surface area contributed by atoms with Crippen molar-refractivity contribution in [1.82, 2.24) is 9.55 Å². The van der Waals surface area contributed by atoms with Gasteiger partial charge in [-0.3, -0.25) is 4.57 Å². The van der Waals surface area contributed by atoms with Crippen molar-refractivity contribution in [3.05, 3.63) is 71.4 Å². The lowest BCUT2D eigenvalue weighted by Crippen LogP contribution is -2.02. The summed E-state index contributed by atoms with van der Waals surface area (Å²) in [7, 11) is 1.68.